The fraction of sp³-hybridized carbons (Fsp3) is 0.263. The van der Waals surface area contributed by atoms with E-state index in [2.05, 4.69) is 21.2 Å². The number of carbonyl (C=O) groups is 2. The van der Waals surface area contributed by atoms with Gasteiger partial charge in [0, 0.05) is 30.0 Å². The van der Waals surface area contributed by atoms with Crippen LogP contribution in [0, 0.1) is 0 Å². The largest absolute Gasteiger partial charge is 0.350 e. The van der Waals surface area contributed by atoms with E-state index in [1.54, 1.807) is 24.0 Å². The van der Waals surface area contributed by atoms with Gasteiger partial charge in [-0.3, -0.25) is 9.59 Å². The summed E-state index contributed by atoms with van der Waals surface area (Å²) in [5.74, 6) is -0.150. The molecule has 0 saturated heterocycles. The molecule has 1 atom stereocenters. The molecule has 0 aliphatic heterocycles. The summed E-state index contributed by atoms with van der Waals surface area (Å²) in [5.41, 5.74) is 1.68. The minimum atomic E-state index is -0.140. The van der Waals surface area contributed by atoms with Gasteiger partial charge in [0.05, 0.1) is 6.04 Å². The Bertz CT molecular complexity index is 686. The van der Waals surface area contributed by atoms with Crippen LogP contribution in [0.1, 0.15) is 35.8 Å². The summed E-state index contributed by atoms with van der Waals surface area (Å²) in [6, 6.07) is 17.0. The van der Waals surface area contributed by atoms with Crippen molar-refractivity contribution in [3.05, 3.63) is 70.2 Å². The van der Waals surface area contributed by atoms with Crippen molar-refractivity contribution in [2.24, 2.45) is 0 Å². The number of benzene rings is 2. The van der Waals surface area contributed by atoms with Crippen LogP contribution in [0.4, 0.5) is 0 Å². The SMILES string of the molecule is CC(=O)N(CCNC(=O)c1ccc(Br)cc1)C(C)c1ccccc1. The number of hydrogen-bond donors (Lipinski definition) is 1. The molecule has 1 unspecified atom stereocenters. The maximum Gasteiger partial charge on any atom is 0.251 e. The lowest BCUT2D eigenvalue weighted by atomic mass is 10.1. The average Bonchev–Trinajstić information content (AvgIpc) is 2.59. The Hall–Kier alpha value is -2.14. The molecule has 0 bridgehead atoms. The molecule has 0 aromatic heterocycles. The lowest BCUT2D eigenvalue weighted by Crippen LogP contribution is -2.39. The van der Waals surface area contributed by atoms with Crippen LogP contribution < -0.4 is 5.32 Å². The zero-order valence-corrected chi connectivity index (χ0v) is 15.4. The van der Waals surface area contributed by atoms with E-state index in [4.69, 9.17) is 0 Å². The number of nitrogens with zero attached hydrogens (tertiary/aromatic N) is 1. The predicted molar refractivity (Wildman–Crippen MR) is 98.7 cm³/mol. The van der Waals surface area contributed by atoms with E-state index in [0.717, 1.165) is 10.0 Å². The molecule has 0 heterocycles. The summed E-state index contributed by atoms with van der Waals surface area (Å²) in [6.07, 6.45) is 0. The monoisotopic (exact) mass is 388 g/mol. The Morgan fingerprint density at radius 3 is 2.29 bits per heavy atom. The normalized spacial score (nSPS) is 11.6. The molecule has 2 aromatic carbocycles. The van der Waals surface area contributed by atoms with Gasteiger partial charge >= 0.3 is 0 Å². The Labute approximate surface area is 151 Å². The highest BCUT2D eigenvalue weighted by Crippen LogP contribution is 2.19. The van der Waals surface area contributed by atoms with Crippen molar-refractivity contribution in [2.45, 2.75) is 19.9 Å². The summed E-state index contributed by atoms with van der Waals surface area (Å²) < 4.78 is 0.929. The minimum absolute atomic E-state index is 0.00996. The molecule has 2 aromatic rings. The van der Waals surface area contributed by atoms with Crippen molar-refractivity contribution in [3.8, 4) is 0 Å². The Morgan fingerprint density at radius 1 is 1.08 bits per heavy atom. The molecule has 0 saturated carbocycles. The third-order valence-corrected chi connectivity index (χ3v) is 4.43. The maximum absolute atomic E-state index is 12.1. The molecule has 0 fully saturated rings. The topological polar surface area (TPSA) is 49.4 Å². The first-order valence-corrected chi connectivity index (χ1v) is 8.64. The maximum atomic E-state index is 12.1. The lowest BCUT2D eigenvalue weighted by molar-refractivity contribution is -0.130. The first-order chi connectivity index (χ1) is 11.5. The Balaban J connectivity index is 1.93. The van der Waals surface area contributed by atoms with Gasteiger partial charge in [-0.05, 0) is 36.8 Å². The van der Waals surface area contributed by atoms with E-state index in [0.29, 0.717) is 18.7 Å². The van der Waals surface area contributed by atoms with Gasteiger partial charge in [0.1, 0.15) is 0 Å². The first kappa shape index (κ1) is 18.2. The van der Waals surface area contributed by atoms with Crippen LogP contribution in [-0.4, -0.2) is 29.8 Å². The quantitative estimate of drug-likeness (QED) is 0.818. The van der Waals surface area contributed by atoms with Crippen molar-refractivity contribution < 1.29 is 9.59 Å². The highest BCUT2D eigenvalue weighted by atomic mass is 79.9. The van der Waals surface area contributed by atoms with Crippen molar-refractivity contribution in [1.82, 2.24) is 10.2 Å². The number of hydrogen-bond acceptors (Lipinski definition) is 2. The molecule has 2 rings (SSSR count). The second-order valence-corrected chi connectivity index (χ2v) is 6.48. The van der Waals surface area contributed by atoms with Crippen LogP contribution >= 0.6 is 15.9 Å². The van der Waals surface area contributed by atoms with Crippen molar-refractivity contribution in [2.75, 3.05) is 13.1 Å². The molecule has 0 aliphatic rings. The third kappa shape index (κ3) is 4.93. The molecule has 0 radical (unpaired) electrons. The fourth-order valence-electron chi connectivity index (χ4n) is 2.53. The third-order valence-electron chi connectivity index (χ3n) is 3.90. The molecule has 1 N–H and O–H groups in total. The number of rotatable bonds is 6. The molecule has 2 amide bonds. The highest BCUT2D eigenvalue weighted by molar-refractivity contribution is 9.10. The van der Waals surface area contributed by atoms with Gasteiger partial charge in [-0.1, -0.05) is 46.3 Å². The number of carbonyl (C=O) groups excluding carboxylic acids is 2. The van der Waals surface area contributed by atoms with Gasteiger partial charge in [0.15, 0.2) is 0 Å². The Kier molecular flexibility index (Phi) is 6.55. The van der Waals surface area contributed by atoms with Crippen LogP contribution in [0.15, 0.2) is 59.1 Å². The predicted octanol–water partition coefficient (Wildman–Crippen LogP) is 3.79. The van der Waals surface area contributed by atoms with E-state index in [1.807, 2.05) is 49.4 Å². The van der Waals surface area contributed by atoms with Gasteiger partial charge in [0.25, 0.3) is 5.91 Å². The lowest BCUT2D eigenvalue weighted by Gasteiger charge is -2.28. The summed E-state index contributed by atoms with van der Waals surface area (Å²) in [5, 5.41) is 2.86. The van der Waals surface area contributed by atoms with Crippen LogP contribution in [-0.2, 0) is 4.79 Å². The molecular formula is C19H21BrN2O2. The minimum Gasteiger partial charge on any atom is -0.350 e. The highest BCUT2D eigenvalue weighted by Gasteiger charge is 2.18. The number of halogens is 1. The van der Waals surface area contributed by atoms with Crippen molar-refractivity contribution in [1.29, 1.82) is 0 Å². The number of amides is 2. The van der Waals surface area contributed by atoms with E-state index >= 15 is 0 Å². The molecule has 5 heteroatoms. The smallest absolute Gasteiger partial charge is 0.251 e. The second-order valence-electron chi connectivity index (χ2n) is 5.56. The standard InChI is InChI=1S/C19H21BrN2O2/c1-14(16-6-4-3-5-7-16)22(15(2)23)13-12-21-19(24)17-8-10-18(20)11-9-17/h3-11,14H,12-13H2,1-2H3,(H,21,24). The van der Waals surface area contributed by atoms with E-state index in [1.165, 1.54) is 0 Å². The Morgan fingerprint density at radius 2 is 1.71 bits per heavy atom. The van der Waals surface area contributed by atoms with E-state index in [-0.39, 0.29) is 17.9 Å². The summed E-state index contributed by atoms with van der Waals surface area (Å²) >= 11 is 3.34. The second kappa shape index (κ2) is 8.64. The van der Waals surface area contributed by atoms with E-state index < -0.39 is 0 Å². The summed E-state index contributed by atoms with van der Waals surface area (Å²) in [6.45, 7) is 4.42. The van der Waals surface area contributed by atoms with Gasteiger partial charge in [-0.25, -0.2) is 0 Å². The van der Waals surface area contributed by atoms with Gasteiger partial charge in [0.2, 0.25) is 5.91 Å². The molecule has 4 nitrogen and oxygen atoms in total. The zero-order chi connectivity index (χ0) is 17.5. The van der Waals surface area contributed by atoms with Crippen LogP contribution in [0.5, 0.6) is 0 Å². The molecule has 0 spiro atoms. The van der Waals surface area contributed by atoms with E-state index in [9.17, 15) is 9.59 Å². The van der Waals surface area contributed by atoms with Gasteiger partial charge in [-0.15, -0.1) is 0 Å². The van der Waals surface area contributed by atoms with Crippen LogP contribution in [0.2, 0.25) is 0 Å². The van der Waals surface area contributed by atoms with Crippen LogP contribution in [0.3, 0.4) is 0 Å². The zero-order valence-electron chi connectivity index (χ0n) is 13.8. The van der Waals surface area contributed by atoms with Crippen LogP contribution in [0.25, 0.3) is 0 Å². The van der Waals surface area contributed by atoms with Gasteiger partial charge in [-0.2, -0.15) is 0 Å². The molecular weight excluding hydrogens is 368 g/mol. The number of nitrogens with one attached hydrogen (secondary N) is 1. The summed E-state index contributed by atoms with van der Waals surface area (Å²) in [4.78, 5) is 25.8. The first-order valence-electron chi connectivity index (χ1n) is 7.85. The summed E-state index contributed by atoms with van der Waals surface area (Å²) in [7, 11) is 0. The molecule has 0 aliphatic carbocycles. The average molecular weight is 389 g/mol. The molecule has 126 valence electrons. The van der Waals surface area contributed by atoms with Gasteiger partial charge < -0.3 is 10.2 Å². The van der Waals surface area contributed by atoms with Crippen molar-refractivity contribution >= 4 is 27.7 Å². The molecule has 24 heavy (non-hydrogen) atoms. The fourth-order valence-corrected chi connectivity index (χ4v) is 2.79. The van der Waals surface area contributed by atoms with Crippen molar-refractivity contribution in [3.63, 3.8) is 0 Å².